The van der Waals surface area contributed by atoms with Gasteiger partial charge < -0.3 is 70.6 Å². The van der Waals surface area contributed by atoms with E-state index in [1.54, 1.807) is 0 Å². The minimum absolute atomic E-state index is 0. The van der Waals surface area contributed by atoms with Crippen molar-refractivity contribution in [2.75, 3.05) is 13.2 Å². The Bertz CT molecular complexity index is 673. The summed E-state index contributed by atoms with van der Waals surface area (Å²) < 4.78 is 28.1. The van der Waals surface area contributed by atoms with Crippen LogP contribution in [0.15, 0.2) is 0 Å². The summed E-state index contributed by atoms with van der Waals surface area (Å²) in [6, 6.07) is 0. The van der Waals surface area contributed by atoms with Crippen molar-refractivity contribution in [3.63, 3.8) is 0 Å². The van der Waals surface area contributed by atoms with Crippen LogP contribution in [-0.2, 0) is 27.8 Å². The summed E-state index contributed by atoms with van der Waals surface area (Å²) in [5.41, 5.74) is 0. The van der Waals surface area contributed by atoms with E-state index < -0.39 is 89.6 Å². The number of phosphoric ester groups is 2. The van der Waals surface area contributed by atoms with Crippen molar-refractivity contribution in [2.24, 2.45) is 0 Å². The van der Waals surface area contributed by atoms with Crippen LogP contribution in [0.5, 0.6) is 0 Å². The average molecular weight is 964 g/mol. The summed E-state index contributed by atoms with van der Waals surface area (Å²) in [7, 11) is -9.73. The van der Waals surface area contributed by atoms with Crippen LogP contribution in [-0.4, -0.2) is 291 Å². The van der Waals surface area contributed by atoms with E-state index in [0.29, 0.717) is 0 Å². The third-order valence-corrected chi connectivity index (χ3v) is 4.44. The van der Waals surface area contributed by atoms with Crippen molar-refractivity contribution < 1.29 is 98.4 Å². The summed E-state index contributed by atoms with van der Waals surface area (Å²) in [5, 5.41) is 88.8. The van der Waals surface area contributed by atoms with Crippen molar-refractivity contribution in [1.29, 1.82) is 0 Å². The number of carbonyl (C=O) groups is 2. The van der Waals surface area contributed by atoms with Gasteiger partial charge in [0, 0.05) is 147 Å². The molecule has 20 nitrogen and oxygen atoms in total. The topological polar surface area (TPSA) is 370 Å². The van der Waals surface area contributed by atoms with E-state index in [2.05, 4.69) is 9.05 Å². The summed E-state index contributed by atoms with van der Waals surface area (Å²) >= 11 is 0. The molecular weight excluding hydrogens is 938 g/mol. The minimum Gasteiger partial charge on any atom is -0.479 e. The second-order valence-corrected chi connectivity index (χ2v) is 8.71. The number of hydrogen-bond donors (Lipinski definition) is 14. The molecule has 0 aromatic rings. The van der Waals surface area contributed by atoms with E-state index >= 15 is 0 Å². The molecule has 0 aromatic carbocycles. The van der Waals surface area contributed by atoms with E-state index in [4.69, 9.17) is 70.6 Å². The van der Waals surface area contributed by atoms with Gasteiger partial charge in [-0.15, -0.1) is 0 Å². The molecule has 0 spiro atoms. The maximum atomic E-state index is 10.2. The summed E-state index contributed by atoms with van der Waals surface area (Å²) in [5.74, 6) is -3.67. The van der Waals surface area contributed by atoms with Gasteiger partial charge in [-0.05, 0) is 0 Å². The first kappa shape index (κ1) is 50.2. The Hall–Kier alpha value is 3.55. The molecule has 14 N–H and O–H groups in total. The van der Waals surface area contributed by atoms with Gasteiger partial charge in [-0.25, -0.2) is 18.7 Å². The van der Waals surface area contributed by atoms with Crippen LogP contribution in [0, 0.1) is 0 Å². The second-order valence-electron chi connectivity index (χ2n) is 6.24. The van der Waals surface area contributed by atoms with Gasteiger partial charge in [-0.3, -0.25) is 9.05 Å². The van der Waals surface area contributed by atoms with Gasteiger partial charge in [-0.1, -0.05) is 0 Å². The van der Waals surface area contributed by atoms with Gasteiger partial charge in [0.1, 0.15) is 36.6 Å². The predicted octanol–water partition coefficient (Wildman–Crippen LogP) is -7.89. The van der Waals surface area contributed by atoms with Gasteiger partial charge in [0.2, 0.25) is 0 Å². The number of rotatable bonds is 14. The Balaban J connectivity index is -0.000000171. The first-order valence-electron chi connectivity index (χ1n) is 8.42. The fourth-order valence-corrected chi connectivity index (χ4v) is 2.36. The Morgan fingerprint density at radius 2 is 0.757 bits per heavy atom. The van der Waals surface area contributed by atoms with E-state index in [9.17, 15) is 18.7 Å². The third kappa shape index (κ3) is 24.7. The van der Waals surface area contributed by atoms with Crippen LogP contribution in [0.25, 0.3) is 0 Å². The number of hydrogen-bond acceptors (Lipinski definition) is 14. The number of aliphatic carboxylic acids is 2. The molecule has 6 radical (unpaired) electrons. The standard InChI is InChI=1S/2C6H13O10P.3Ba/c2*7-2(1-16-17(13,14)15)3(8)4(9)5(10)6(11)12;;;/h2*2-5,7-10H,1H2,(H,11,12)(H2,13,14,15);;;. The Labute approximate surface area is 328 Å². The maximum Gasteiger partial charge on any atom is 0.469 e. The molecule has 0 aromatic heterocycles. The minimum atomic E-state index is -4.86. The number of carboxylic acid groups (broad SMARTS) is 2. The van der Waals surface area contributed by atoms with Crippen LogP contribution >= 0.6 is 15.6 Å². The van der Waals surface area contributed by atoms with E-state index in [0.717, 1.165) is 0 Å². The quantitative estimate of drug-likeness (QED) is 0.0568. The fraction of sp³-hybridized carbons (Fsp3) is 0.833. The number of phosphoric acid groups is 2. The van der Waals surface area contributed by atoms with Gasteiger partial charge >= 0.3 is 27.6 Å². The second kappa shape index (κ2) is 23.9. The molecule has 25 heteroatoms. The zero-order chi connectivity index (χ0) is 27.6. The summed E-state index contributed by atoms with van der Waals surface area (Å²) in [4.78, 5) is 53.6. The van der Waals surface area contributed by atoms with Crippen LogP contribution in [0.1, 0.15) is 0 Å². The SMILES string of the molecule is O=C(O)C(O)C(O)C(O)C(O)COP(=O)(O)O.O=C(O)C(O)C(O)C(O)C(O)COP(=O)(O)O.[Ba].[Ba].[Ba]. The largest absolute Gasteiger partial charge is 0.479 e. The fourth-order valence-electron chi connectivity index (χ4n) is 1.67. The first-order valence-corrected chi connectivity index (χ1v) is 11.5. The van der Waals surface area contributed by atoms with Crippen molar-refractivity contribution in [3.05, 3.63) is 0 Å². The Morgan fingerprint density at radius 3 is 0.919 bits per heavy atom. The molecule has 0 saturated heterocycles. The van der Waals surface area contributed by atoms with E-state index in [1.165, 1.54) is 0 Å². The zero-order valence-corrected chi connectivity index (χ0v) is 33.9. The van der Waals surface area contributed by atoms with Crippen LogP contribution in [0.2, 0.25) is 0 Å². The first-order chi connectivity index (χ1) is 15.1. The van der Waals surface area contributed by atoms with Crippen LogP contribution in [0.3, 0.4) is 0 Å². The molecule has 8 unspecified atom stereocenters. The van der Waals surface area contributed by atoms with Crippen molar-refractivity contribution in [1.82, 2.24) is 0 Å². The molecular formula is C12H26Ba3O20P2. The van der Waals surface area contributed by atoms with Crippen LogP contribution in [0.4, 0.5) is 0 Å². The predicted molar refractivity (Wildman–Crippen MR) is 117 cm³/mol. The average Bonchev–Trinajstić information content (AvgIpc) is 2.71. The number of aliphatic hydroxyl groups is 8. The normalized spacial score (nSPS) is 17.8. The number of aliphatic hydroxyl groups excluding tert-OH is 8. The summed E-state index contributed by atoms with van der Waals surface area (Å²) in [6.45, 7) is -2.09. The molecule has 0 fully saturated rings. The zero-order valence-electron chi connectivity index (χ0n) is 18.8. The van der Waals surface area contributed by atoms with Gasteiger partial charge in [-0.2, -0.15) is 0 Å². The number of carboxylic acids is 2. The van der Waals surface area contributed by atoms with Gasteiger partial charge in [0.25, 0.3) is 0 Å². The van der Waals surface area contributed by atoms with Crippen molar-refractivity contribution in [3.8, 4) is 0 Å². The molecule has 0 amide bonds. The molecule has 210 valence electrons. The smallest absolute Gasteiger partial charge is 0.469 e. The molecule has 37 heavy (non-hydrogen) atoms. The summed E-state index contributed by atoms with van der Waals surface area (Å²) in [6.07, 6.45) is -17.4. The third-order valence-electron chi connectivity index (χ3n) is 3.47. The molecule has 0 aliphatic rings. The van der Waals surface area contributed by atoms with Gasteiger partial charge in [0.05, 0.1) is 13.2 Å². The maximum absolute atomic E-state index is 10.2. The molecule has 8 atom stereocenters. The molecule has 0 rings (SSSR count). The molecule has 0 heterocycles. The Morgan fingerprint density at radius 1 is 0.541 bits per heavy atom. The van der Waals surface area contributed by atoms with Crippen LogP contribution < -0.4 is 0 Å². The molecule has 0 aliphatic carbocycles. The molecule has 0 aliphatic heterocycles. The van der Waals surface area contributed by atoms with E-state index in [1.807, 2.05) is 0 Å². The Kier molecular flexibility index (Phi) is 32.5. The molecule has 0 saturated carbocycles. The van der Waals surface area contributed by atoms with Crippen molar-refractivity contribution >= 4 is 174 Å². The monoisotopic (exact) mass is 966 g/mol. The molecule has 0 bridgehead atoms. The van der Waals surface area contributed by atoms with E-state index in [-0.39, 0.29) is 147 Å². The van der Waals surface area contributed by atoms with Crippen molar-refractivity contribution in [2.45, 2.75) is 48.8 Å². The van der Waals surface area contributed by atoms with Gasteiger partial charge in [0.15, 0.2) is 12.2 Å².